The third kappa shape index (κ3) is 5.15. The minimum absolute atomic E-state index is 0.00485. The number of benzene rings is 2. The highest BCUT2D eigenvalue weighted by Crippen LogP contribution is 2.30. The van der Waals surface area contributed by atoms with E-state index in [9.17, 15) is 18.4 Å². The van der Waals surface area contributed by atoms with E-state index in [1.807, 2.05) is 11.8 Å². The normalized spacial score (nSPS) is 15.3. The summed E-state index contributed by atoms with van der Waals surface area (Å²) in [5, 5.41) is -0.115. The largest absolute Gasteiger partial charge is 0.366 e. The average molecular weight is 419 g/mol. The van der Waals surface area contributed by atoms with Gasteiger partial charge in [0.25, 0.3) is 0 Å². The molecule has 29 heavy (non-hydrogen) atoms. The Hall–Kier alpha value is -2.41. The van der Waals surface area contributed by atoms with E-state index in [0.29, 0.717) is 43.0 Å². The Labute approximate surface area is 173 Å². The summed E-state index contributed by atoms with van der Waals surface area (Å²) in [6.07, 6.45) is 0. The lowest BCUT2D eigenvalue weighted by Gasteiger charge is -2.36. The van der Waals surface area contributed by atoms with Gasteiger partial charge in [-0.2, -0.15) is 0 Å². The molecule has 0 spiro atoms. The van der Waals surface area contributed by atoms with Crippen molar-refractivity contribution in [3.63, 3.8) is 0 Å². The molecule has 1 aliphatic rings. The molecule has 1 amide bonds. The molecule has 0 saturated carbocycles. The third-order valence-electron chi connectivity index (χ3n) is 5.13. The smallest absolute Gasteiger partial charge is 0.232 e. The van der Waals surface area contributed by atoms with Gasteiger partial charge in [-0.3, -0.25) is 9.59 Å². The van der Waals surface area contributed by atoms with Gasteiger partial charge in [0.15, 0.2) is 5.78 Å². The van der Waals surface area contributed by atoms with E-state index in [-0.39, 0.29) is 28.5 Å². The first kappa shape index (κ1) is 21.3. The van der Waals surface area contributed by atoms with Crippen molar-refractivity contribution in [2.75, 3.05) is 36.8 Å². The molecular weight excluding hydrogens is 394 g/mol. The van der Waals surface area contributed by atoms with E-state index in [4.69, 9.17) is 0 Å². The molecular formula is C22H24F2N2O2S. The zero-order valence-corrected chi connectivity index (χ0v) is 17.3. The average Bonchev–Trinajstić information content (AvgIpc) is 2.72. The molecule has 0 N–H and O–H groups in total. The summed E-state index contributed by atoms with van der Waals surface area (Å²) in [6, 6.07) is 11.1. The van der Waals surface area contributed by atoms with Crippen molar-refractivity contribution < 1.29 is 18.4 Å². The van der Waals surface area contributed by atoms with Crippen LogP contribution in [0.3, 0.4) is 0 Å². The van der Waals surface area contributed by atoms with E-state index in [2.05, 4.69) is 0 Å². The Morgan fingerprint density at radius 1 is 1.03 bits per heavy atom. The Balaban J connectivity index is 1.52. The fourth-order valence-corrected chi connectivity index (χ4v) is 4.31. The van der Waals surface area contributed by atoms with Crippen LogP contribution in [0.2, 0.25) is 0 Å². The zero-order chi connectivity index (χ0) is 21.0. The maximum atomic E-state index is 14.3. The molecule has 154 valence electrons. The quantitative estimate of drug-likeness (QED) is 0.656. The highest BCUT2D eigenvalue weighted by atomic mass is 32.2. The van der Waals surface area contributed by atoms with E-state index in [1.54, 1.807) is 35.2 Å². The maximum Gasteiger partial charge on any atom is 0.232 e. The molecule has 0 aliphatic carbocycles. The third-order valence-corrected chi connectivity index (χ3v) is 6.29. The number of nitrogens with zero attached hydrogens (tertiary/aromatic N) is 2. The topological polar surface area (TPSA) is 40.6 Å². The van der Waals surface area contributed by atoms with Crippen LogP contribution >= 0.6 is 11.8 Å². The number of piperazine rings is 1. The monoisotopic (exact) mass is 418 g/mol. The van der Waals surface area contributed by atoms with Crippen molar-refractivity contribution in [3.05, 3.63) is 65.2 Å². The van der Waals surface area contributed by atoms with Crippen LogP contribution in [-0.2, 0) is 4.79 Å². The fraction of sp³-hybridized carbons (Fsp3) is 0.364. The molecule has 1 saturated heterocycles. The minimum atomic E-state index is -0.424. The number of Topliss-reactive ketones (excluding diaryl/α,β-unsaturated/α-hetero) is 1. The number of carbonyl (C=O) groups is 2. The first-order valence-electron chi connectivity index (χ1n) is 9.56. The Morgan fingerprint density at radius 3 is 2.34 bits per heavy atom. The van der Waals surface area contributed by atoms with E-state index >= 15 is 0 Å². The number of ketones is 1. The van der Waals surface area contributed by atoms with E-state index < -0.39 is 5.82 Å². The van der Waals surface area contributed by atoms with Gasteiger partial charge in [-0.25, -0.2) is 8.78 Å². The van der Waals surface area contributed by atoms with E-state index in [1.165, 1.54) is 30.8 Å². The first-order chi connectivity index (χ1) is 13.9. The van der Waals surface area contributed by atoms with Gasteiger partial charge in [-0.15, -0.1) is 11.8 Å². The summed E-state index contributed by atoms with van der Waals surface area (Å²) in [4.78, 5) is 27.6. The van der Waals surface area contributed by atoms with Crippen molar-refractivity contribution in [2.24, 2.45) is 0 Å². The summed E-state index contributed by atoms with van der Waals surface area (Å²) in [7, 11) is 0. The molecule has 1 heterocycles. The molecule has 3 rings (SSSR count). The van der Waals surface area contributed by atoms with Crippen molar-refractivity contribution in [3.8, 4) is 0 Å². The predicted octanol–water partition coefficient (Wildman–Crippen LogP) is 4.31. The molecule has 1 fully saturated rings. The number of anilines is 1. The molecule has 4 nitrogen and oxygen atoms in total. The van der Waals surface area contributed by atoms with Crippen LogP contribution in [0.4, 0.5) is 14.5 Å². The summed E-state index contributed by atoms with van der Waals surface area (Å²) in [5.74, 6) is -0.576. The predicted molar refractivity (Wildman–Crippen MR) is 112 cm³/mol. The highest BCUT2D eigenvalue weighted by Gasteiger charge is 2.24. The molecule has 1 aliphatic heterocycles. The molecule has 0 aromatic heterocycles. The van der Waals surface area contributed by atoms with Crippen LogP contribution in [0.1, 0.15) is 35.0 Å². The van der Waals surface area contributed by atoms with Gasteiger partial charge in [-0.05, 0) is 38.1 Å². The number of halogens is 2. The maximum absolute atomic E-state index is 14.3. The van der Waals surface area contributed by atoms with Crippen molar-refractivity contribution in [1.82, 2.24) is 4.90 Å². The summed E-state index contributed by atoms with van der Waals surface area (Å²) >= 11 is 1.41. The summed E-state index contributed by atoms with van der Waals surface area (Å²) in [6.45, 7) is 5.35. The molecule has 7 heteroatoms. The molecule has 0 radical (unpaired) electrons. The van der Waals surface area contributed by atoms with Crippen LogP contribution in [0.25, 0.3) is 0 Å². The Bertz CT molecular complexity index is 898. The summed E-state index contributed by atoms with van der Waals surface area (Å²) in [5.41, 5.74) is 1.39. The van der Waals surface area contributed by atoms with Gasteiger partial charge in [-0.1, -0.05) is 18.2 Å². The van der Waals surface area contributed by atoms with Crippen LogP contribution < -0.4 is 4.90 Å². The standard InChI is InChI=1S/C22H24F2N2O2S/c1-15(27)17-7-8-21(20(24)13-17)25-9-11-26(12-10-25)22(28)14-29-16(2)18-5-3-4-6-19(18)23/h3-8,13,16H,9-12,14H2,1-2H3. The second kappa shape index (κ2) is 9.39. The highest BCUT2D eigenvalue weighted by molar-refractivity contribution is 8.00. The van der Waals surface area contributed by atoms with E-state index in [0.717, 1.165) is 0 Å². The van der Waals surface area contributed by atoms with Crippen LogP contribution in [0.15, 0.2) is 42.5 Å². The SMILES string of the molecule is CC(=O)c1ccc(N2CCN(C(=O)CSC(C)c3ccccc3F)CC2)c(F)c1. The molecule has 0 bridgehead atoms. The van der Waals surface area contributed by atoms with Crippen molar-refractivity contribution in [1.29, 1.82) is 0 Å². The lowest BCUT2D eigenvalue weighted by Crippen LogP contribution is -2.49. The second-order valence-electron chi connectivity index (χ2n) is 7.06. The number of carbonyl (C=O) groups excluding carboxylic acids is 2. The van der Waals surface area contributed by atoms with Crippen molar-refractivity contribution >= 4 is 29.1 Å². The minimum Gasteiger partial charge on any atom is -0.366 e. The molecule has 1 unspecified atom stereocenters. The molecule has 1 atom stereocenters. The zero-order valence-electron chi connectivity index (χ0n) is 16.5. The summed E-state index contributed by atoms with van der Waals surface area (Å²) < 4.78 is 28.2. The number of thioether (sulfide) groups is 1. The molecule has 2 aromatic carbocycles. The molecule has 2 aromatic rings. The number of amides is 1. The van der Waals surface area contributed by atoms with Gasteiger partial charge < -0.3 is 9.80 Å². The Morgan fingerprint density at radius 2 is 1.72 bits per heavy atom. The number of hydrogen-bond donors (Lipinski definition) is 0. The van der Waals surface area contributed by atoms with Gasteiger partial charge in [0.1, 0.15) is 11.6 Å². The van der Waals surface area contributed by atoms with Gasteiger partial charge in [0.2, 0.25) is 5.91 Å². The van der Waals surface area contributed by atoms with Gasteiger partial charge >= 0.3 is 0 Å². The first-order valence-corrected chi connectivity index (χ1v) is 10.6. The lowest BCUT2D eigenvalue weighted by atomic mass is 10.1. The lowest BCUT2D eigenvalue weighted by molar-refractivity contribution is -0.128. The second-order valence-corrected chi connectivity index (χ2v) is 8.39. The van der Waals surface area contributed by atoms with Gasteiger partial charge in [0, 0.05) is 42.6 Å². The van der Waals surface area contributed by atoms with Crippen molar-refractivity contribution in [2.45, 2.75) is 19.1 Å². The number of rotatable bonds is 6. The van der Waals surface area contributed by atoms with Crippen LogP contribution in [0, 0.1) is 11.6 Å². The van der Waals surface area contributed by atoms with Crippen LogP contribution in [0.5, 0.6) is 0 Å². The fourth-order valence-electron chi connectivity index (χ4n) is 3.36. The van der Waals surface area contributed by atoms with Gasteiger partial charge in [0.05, 0.1) is 11.4 Å². The Kier molecular flexibility index (Phi) is 6.90. The number of hydrogen-bond acceptors (Lipinski definition) is 4. The van der Waals surface area contributed by atoms with Crippen LogP contribution in [-0.4, -0.2) is 48.5 Å².